The van der Waals surface area contributed by atoms with Gasteiger partial charge < -0.3 is 9.47 Å². The van der Waals surface area contributed by atoms with E-state index in [0.717, 1.165) is 25.3 Å². The number of benzene rings is 1. The fraction of sp³-hybridized carbons (Fsp3) is 0.625. The first-order chi connectivity index (χ1) is 9.72. The van der Waals surface area contributed by atoms with E-state index >= 15 is 0 Å². The van der Waals surface area contributed by atoms with Crippen molar-refractivity contribution in [1.29, 1.82) is 0 Å². The van der Waals surface area contributed by atoms with Crippen molar-refractivity contribution >= 4 is 0 Å². The molecule has 0 amide bonds. The Labute approximate surface area is 121 Å². The van der Waals surface area contributed by atoms with Crippen molar-refractivity contribution in [2.24, 2.45) is 5.92 Å². The molecule has 0 radical (unpaired) electrons. The molecule has 0 bridgehead atoms. The molecule has 0 spiro atoms. The molecule has 2 N–H and O–H groups in total. The summed E-state index contributed by atoms with van der Waals surface area (Å²) in [6.45, 7) is 7.06. The third-order valence-corrected chi connectivity index (χ3v) is 3.78. The van der Waals surface area contributed by atoms with Crippen LogP contribution in [0.25, 0.3) is 0 Å². The van der Waals surface area contributed by atoms with Crippen LogP contribution < -0.4 is 15.4 Å². The van der Waals surface area contributed by atoms with E-state index in [-0.39, 0.29) is 12.3 Å². The molecular weight excluding hydrogens is 252 g/mol. The zero-order valence-corrected chi connectivity index (χ0v) is 12.7. The number of hydrogen-bond donors (Lipinski definition) is 2. The van der Waals surface area contributed by atoms with Crippen LogP contribution in [0.4, 0.5) is 0 Å². The summed E-state index contributed by atoms with van der Waals surface area (Å²) < 4.78 is 11.0. The summed E-state index contributed by atoms with van der Waals surface area (Å²) >= 11 is 0. The summed E-state index contributed by atoms with van der Waals surface area (Å²) in [5.41, 5.74) is 1.25. The second-order valence-electron chi connectivity index (χ2n) is 5.50. The zero-order valence-electron chi connectivity index (χ0n) is 12.7. The Balaban J connectivity index is 1.86. The molecule has 1 aromatic carbocycles. The highest BCUT2D eigenvalue weighted by atomic mass is 16.5. The van der Waals surface area contributed by atoms with E-state index in [9.17, 15) is 0 Å². The molecule has 1 saturated heterocycles. The van der Waals surface area contributed by atoms with Crippen molar-refractivity contribution in [2.45, 2.75) is 32.5 Å². The molecule has 4 nitrogen and oxygen atoms in total. The summed E-state index contributed by atoms with van der Waals surface area (Å²) in [5.74, 6) is 1.59. The summed E-state index contributed by atoms with van der Waals surface area (Å²) in [6, 6.07) is 8.28. The van der Waals surface area contributed by atoms with Gasteiger partial charge in [-0.3, -0.25) is 10.6 Å². The Morgan fingerprint density at radius 3 is 2.40 bits per heavy atom. The van der Waals surface area contributed by atoms with Crippen molar-refractivity contribution in [3.8, 4) is 5.75 Å². The van der Waals surface area contributed by atoms with Crippen LogP contribution in [0, 0.1) is 5.92 Å². The first kappa shape index (κ1) is 15.3. The van der Waals surface area contributed by atoms with Crippen molar-refractivity contribution in [2.75, 3.05) is 26.8 Å². The quantitative estimate of drug-likeness (QED) is 0.838. The topological polar surface area (TPSA) is 42.5 Å². The van der Waals surface area contributed by atoms with Gasteiger partial charge in [0.2, 0.25) is 0 Å². The highest BCUT2D eigenvalue weighted by molar-refractivity contribution is 5.29. The van der Waals surface area contributed by atoms with E-state index in [0.29, 0.717) is 12.5 Å². The Kier molecular flexibility index (Phi) is 5.83. The molecule has 1 heterocycles. The Bertz CT molecular complexity index is 382. The minimum absolute atomic E-state index is 0.165. The molecular formula is C16H26N2O2. The average molecular weight is 278 g/mol. The van der Waals surface area contributed by atoms with E-state index in [1.807, 2.05) is 12.1 Å². The summed E-state index contributed by atoms with van der Waals surface area (Å²) in [7, 11) is 1.72. The number of methoxy groups -OCH3 is 1. The fourth-order valence-electron chi connectivity index (χ4n) is 2.32. The molecule has 0 aromatic heterocycles. The van der Waals surface area contributed by atoms with Crippen LogP contribution in [0.1, 0.15) is 32.0 Å². The smallest absolute Gasteiger partial charge is 0.119 e. The van der Waals surface area contributed by atoms with Crippen LogP contribution in [-0.4, -0.2) is 32.9 Å². The van der Waals surface area contributed by atoms with Gasteiger partial charge in [-0.05, 0) is 30.0 Å². The molecule has 1 aromatic rings. The number of rotatable bonds is 6. The molecule has 0 aliphatic carbocycles. The van der Waals surface area contributed by atoms with Crippen LogP contribution >= 0.6 is 0 Å². The SMILES string of the molecule is CCC(COc1ccc(C2NCC(C)CN2)cc1)OC. The molecule has 1 aliphatic heterocycles. The van der Waals surface area contributed by atoms with Gasteiger partial charge >= 0.3 is 0 Å². The lowest BCUT2D eigenvalue weighted by atomic mass is 10.1. The monoisotopic (exact) mass is 278 g/mol. The lowest BCUT2D eigenvalue weighted by Crippen LogP contribution is -2.45. The lowest BCUT2D eigenvalue weighted by Gasteiger charge is -2.29. The van der Waals surface area contributed by atoms with Gasteiger partial charge in [0.1, 0.15) is 12.4 Å². The summed E-state index contributed by atoms with van der Waals surface area (Å²) in [4.78, 5) is 0. The maximum Gasteiger partial charge on any atom is 0.119 e. The van der Waals surface area contributed by atoms with Gasteiger partial charge in [-0.2, -0.15) is 0 Å². The second-order valence-corrected chi connectivity index (χ2v) is 5.50. The predicted octanol–water partition coefficient (Wildman–Crippen LogP) is 2.32. The highest BCUT2D eigenvalue weighted by Gasteiger charge is 2.17. The van der Waals surface area contributed by atoms with Crippen LogP contribution in [0.15, 0.2) is 24.3 Å². The molecule has 20 heavy (non-hydrogen) atoms. The van der Waals surface area contributed by atoms with Gasteiger partial charge in [0, 0.05) is 20.2 Å². The van der Waals surface area contributed by atoms with Crippen molar-refractivity contribution in [1.82, 2.24) is 10.6 Å². The van der Waals surface area contributed by atoms with Crippen LogP contribution in [-0.2, 0) is 4.74 Å². The van der Waals surface area contributed by atoms with Gasteiger partial charge in [-0.25, -0.2) is 0 Å². The Morgan fingerprint density at radius 2 is 1.85 bits per heavy atom. The van der Waals surface area contributed by atoms with E-state index in [2.05, 4.69) is 36.6 Å². The average Bonchev–Trinajstić information content (AvgIpc) is 2.50. The van der Waals surface area contributed by atoms with Gasteiger partial charge in [-0.1, -0.05) is 26.0 Å². The van der Waals surface area contributed by atoms with E-state index in [1.54, 1.807) is 7.11 Å². The van der Waals surface area contributed by atoms with Crippen molar-refractivity contribution in [3.05, 3.63) is 29.8 Å². The molecule has 1 unspecified atom stereocenters. The van der Waals surface area contributed by atoms with Gasteiger partial charge in [-0.15, -0.1) is 0 Å². The minimum atomic E-state index is 0.165. The Hall–Kier alpha value is -1.10. The Morgan fingerprint density at radius 1 is 1.20 bits per heavy atom. The van der Waals surface area contributed by atoms with E-state index in [4.69, 9.17) is 9.47 Å². The lowest BCUT2D eigenvalue weighted by molar-refractivity contribution is 0.0556. The van der Waals surface area contributed by atoms with Crippen molar-refractivity contribution < 1.29 is 9.47 Å². The number of hydrogen-bond acceptors (Lipinski definition) is 4. The fourth-order valence-corrected chi connectivity index (χ4v) is 2.32. The summed E-state index contributed by atoms with van der Waals surface area (Å²) in [5, 5.41) is 7.00. The number of nitrogens with one attached hydrogen (secondary N) is 2. The van der Waals surface area contributed by atoms with E-state index < -0.39 is 0 Å². The normalized spacial score (nSPS) is 24.4. The molecule has 1 fully saturated rings. The molecule has 2 rings (SSSR count). The third kappa shape index (κ3) is 4.20. The largest absolute Gasteiger partial charge is 0.491 e. The summed E-state index contributed by atoms with van der Waals surface area (Å²) in [6.07, 6.45) is 1.38. The predicted molar refractivity (Wildman–Crippen MR) is 80.9 cm³/mol. The standard InChI is InChI=1S/C16H26N2O2/c1-4-14(19-3)11-20-15-7-5-13(6-8-15)16-17-9-12(2)10-18-16/h5-8,12,14,16-18H,4,9-11H2,1-3H3. The first-order valence-electron chi connectivity index (χ1n) is 7.45. The molecule has 1 atom stereocenters. The van der Waals surface area contributed by atoms with Gasteiger partial charge in [0.25, 0.3) is 0 Å². The molecule has 112 valence electrons. The van der Waals surface area contributed by atoms with Crippen LogP contribution in [0.5, 0.6) is 5.75 Å². The van der Waals surface area contributed by atoms with Crippen LogP contribution in [0.3, 0.4) is 0 Å². The van der Waals surface area contributed by atoms with Gasteiger partial charge in [0.15, 0.2) is 0 Å². The third-order valence-electron chi connectivity index (χ3n) is 3.78. The number of ether oxygens (including phenoxy) is 2. The van der Waals surface area contributed by atoms with E-state index in [1.165, 1.54) is 5.56 Å². The first-order valence-corrected chi connectivity index (χ1v) is 7.45. The van der Waals surface area contributed by atoms with Crippen LogP contribution in [0.2, 0.25) is 0 Å². The molecule has 1 aliphatic rings. The second kappa shape index (κ2) is 7.62. The van der Waals surface area contributed by atoms with Gasteiger partial charge in [0.05, 0.1) is 12.3 Å². The molecule has 4 heteroatoms. The minimum Gasteiger partial charge on any atom is -0.491 e. The maximum absolute atomic E-state index is 5.74. The van der Waals surface area contributed by atoms with Crippen molar-refractivity contribution in [3.63, 3.8) is 0 Å². The maximum atomic E-state index is 5.74. The zero-order chi connectivity index (χ0) is 14.4. The highest BCUT2D eigenvalue weighted by Crippen LogP contribution is 2.19. The molecule has 0 saturated carbocycles.